The van der Waals surface area contributed by atoms with Gasteiger partial charge in [-0.15, -0.1) is 6.58 Å². The third kappa shape index (κ3) is 10.1. The van der Waals surface area contributed by atoms with E-state index in [1.807, 2.05) is 6.08 Å². The van der Waals surface area contributed by atoms with Gasteiger partial charge in [-0.25, -0.2) is 0 Å². The molecule has 13 heavy (non-hydrogen) atoms. The molecule has 0 spiro atoms. The molecule has 0 aliphatic heterocycles. The van der Waals surface area contributed by atoms with E-state index in [1.165, 1.54) is 44.6 Å². The second-order valence-corrected chi connectivity index (χ2v) is 7.76. The molecule has 0 heterocycles. The van der Waals surface area contributed by atoms with Crippen molar-refractivity contribution in [3.63, 3.8) is 0 Å². The molecule has 0 rings (SSSR count). The zero-order chi connectivity index (χ0) is 9.94. The Morgan fingerprint density at radius 1 is 1.23 bits per heavy atom. The molecule has 3 heteroatoms. The summed E-state index contributed by atoms with van der Waals surface area (Å²) in [6.07, 6.45) is 10.1. The molecule has 0 bridgehead atoms. The Kier molecular flexibility index (Phi) is 10.3. The number of rotatable bonds is 9. The molecule has 0 aliphatic rings. The lowest BCUT2D eigenvalue weighted by atomic mass is 10.1. The number of hydrogen-bond donors (Lipinski definition) is 0. The first-order valence-electron chi connectivity index (χ1n) is 5.45. The molecular weight excluding hydrogens is 192 g/mol. The molecule has 1 nitrogen and oxygen atoms in total. The Bertz CT molecular complexity index is 117. The molecule has 78 valence electrons. The van der Waals surface area contributed by atoms with E-state index < -0.39 is 9.04 Å². The minimum Gasteiger partial charge on any atom is -0.466 e. The summed E-state index contributed by atoms with van der Waals surface area (Å²) in [5.41, 5.74) is 0. The fourth-order valence-electron chi connectivity index (χ4n) is 1.37. The van der Waals surface area contributed by atoms with Crippen LogP contribution in [0.4, 0.5) is 0 Å². The second kappa shape index (κ2) is 10.2. The minimum atomic E-state index is -0.701. The highest BCUT2D eigenvalue weighted by Gasteiger charge is 1.99. The summed E-state index contributed by atoms with van der Waals surface area (Å²) >= 11 is 0. The smallest absolute Gasteiger partial charge is 0.159 e. The van der Waals surface area contributed by atoms with E-state index >= 15 is 0 Å². The van der Waals surface area contributed by atoms with Crippen molar-refractivity contribution in [3.05, 3.63) is 12.7 Å². The summed E-state index contributed by atoms with van der Waals surface area (Å²) in [4.78, 5) is 0. The van der Waals surface area contributed by atoms with Gasteiger partial charge in [0.05, 0.1) is 0 Å². The van der Waals surface area contributed by atoms with Crippen LogP contribution in [0.2, 0.25) is 12.6 Å². The Morgan fingerprint density at radius 2 is 1.85 bits per heavy atom. The lowest BCUT2D eigenvalue weighted by Crippen LogP contribution is -2.09. The summed E-state index contributed by atoms with van der Waals surface area (Å²) in [6.45, 7) is 6.03. The maximum atomic E-state index is 5.46. The van der Waals surface area contributed by atoms with E-state index in [-0.39, 0.29) is 0 Å². The molecule has 1 atom stereocenters. The van der Waals surface area contributed by atoms with Gasteiger partial charge in [0, 0.05) is 0 Å². The first-order chi connectivity index (χ1) is 6.31. The van der Waals surface area contributed by atoms with Gasteiger partial charge in [-0.05, 0) is 25.4 Å². The summed E-state index contributed by atoms with van der Waals surface area (Å²) in [5, 5.41) is 0. The van der Waals surface area contributed by atoms with Crippen molar-refractivity contribution in [1.82, 2.24) is 0 Å². The molecule has 1 unspecified atom stereocenters. The molecule has 0 aromatic heterocycles. The Labute approximate surface area is 87.8 Å². The van der Waals surface area contributed by atoms with Gasteiger partial charge in [0.2, 0.25) is 0 Å². The van der Waals surface area contributed by atoms with Gasteiger partial charge in [-0.2, -0.15) is 0 Å². The third-order valence-electron chi connectivity index (χ3n) is 2.42. The average Bonchev–Trinajstić information content (AvgIpc) is 2.16. The SMILES string of the molecule is C=CCCCCCCC[SiH](C)O[SiH3]. The predicted molar refractivity (Wildman–Crippen MR) is 66.7 cm³/mol. The van der Waals surface area contributed by atoms with Crippen LogP contribution in [0.5, 0.6) is 0 Å². The van der Waals surface area contributed by atoms with E-state index in [1.54, 1.807) is 0 Å². The summed E-state index contributed by atoms with van der Waals surface area (Å²) in [6, 6.07) is 1.38. The van der Waals surface area contributed by atoms with Crippen LogP contribution in [0.3, 0.4) is 0 Å². The van der Waals surface area contributed by atoms with Crippen LogP contribution in [0, 0.1) is 0 Å². The molecule has 0 radical (unpaired) electrons. The van der Waals surface area contributed by atoms with Crippen molar-refractivity contribution in [2.75, 3.05) is 0 Å². The summed E-state index contributed by atoms with van der Waals surface area (Å²) < 4.78 is 5.46. The molecule has 0 N–H and O–H groups in total. The lowest BCUT2D eigenvalue weighted by Gasteiger charge is -2.06. The highest BCUT2D eigenvalue weighted by atomic mass is 28.3. The molecule has 0 saturated carbocycles. The van der Waals surface area contributed by atoms with E-state index in [0.29, 0.717) is 0 Å². The average molecular weight is 216 g/mol. The normalized spacial score (nSPS) is 13.0. The van der Waals surface area contributed by atoms with Gasteiger partial charge in [0.1, 0.15) is 10.5 Å². The van der Waals surface area contributed by atoms with Crippen LogP contribution in [0.1, 0.15) is 38.5 Å². The topological polar surface area (TPSA) is 9.23 Å². The van der Waals surface area contributed by atoms with Crippen LogP contribution in [0.25, 0.3) is 0 Å². The fourth-order valence-corrected chi connectivity index (χ4v) is 3.18. The maximum Gasteiger partial charge on any atom is 0.159 e. The van der Waals surface area contributed by atoms with Gasteiger partial charge < -0.3 is 4.12 Å². The second-order valence-electron chi connectivity index (χ2n) is 3.68. The van der Waals surface area contributed by atoms with Crippen LogP contribution in [-0.2, 0) is 4.12 Å². The van der Waals surface area contributed by atoms with Crippen LogP contribution in [-0.4, -0.2) is 19.5 Å². The molecular formula is C10H24OSi2. The van der Waals surface area contributed by atoms with Gasteiger partial charge in [0.15, 0.2) is 9.04 Å². The largest absolute Gasteiger partial charge is 0.466 e. The van der Waals surface area contributed by atoms with Gasteiger partial charge in [-0.3, -0.25) is 0 Å². The van der Waals surface area contributed by atoms with Crippen molar-refractivity contribution in [1.29, 1.82) is 0 Å². The third-order valence-corrected chi connectivity index (χ3v) is 6.86. The van der Waals surface area contributed by atoms with E-state index in [4.69, 9.17) is 4.12 Å². The summed E-state index contributed by atoms with van der Waals surface area (Å²) in [7, 11) is 0.243. The summed E-state index contributed by atoms with van der Waals surface area (Å²) in [5.74, 6) is 0. The van der Waals surface area contributed by atoms with Crippen molar-refractivity contribution in [2.45, 2.75) is 51.1 Å². The molecule has 0 fully saturated rings. The van der Waals surface area contributed by atoms with Crippen molar-refractivity contribution in [2.24, 2.45) is 0 Å². The van der Waals surface area contributed by atoms with Crippen LogP contribution in [0.15, 0.2) is 12.7 Å². The number of unbranched alkanes of at least 4 members (excludes halogenated alkanes) is 5. The van der Waals surface area contributed by atoms with Crippen molar-refractivity contribution < 1.29 is 4.12 Å². The van der Waals surface area contributed by atoms with Crippen molar-refractivity contribution in [3.8, 4) is 0 Å². The Morgan fingerprint density at radius 3 is 2.46 bits per heavy atom. The van der Waals surface area contributed by atoms with E-state index in [0.717, 1.165) is 10.5 Å². The number of hydrogen-bond acceptors (Lipinski definition) is 1. The Balaban J connectivity index is 2.95. The molecule has 0 aromatic carbocycles. The molecule has 0 aliphatic carbocycles. The zero-order valence-corrected chi connectivity index (χ0v) is 12.4. The van der Waals surface area contributed by atoms with E-state index in [2.05, 4.69) is 13.1 Å². The molecule has 0 amide bonds. The van der Waals surface area contributed by atoms with E-state index in [9.17, 15) is 0 Å². The van der Waals surface area contributed by atoms with Gasteiger partial charge in [-0.1, -0.05) is 31.8 Å². The highest BCUT2D eigenvalue weighted by molar-refractivity contribution is 6.54. The quantitative estimate of drug-likeness (QED) is 0.326. The lowest BCUT2D eigenvalue weighted by molar-refractivity contribution is 0.602. The minimum absolute atomic E-state index is 0.701. The molecule has 0 saturated heterocycles. The maximum absolute atomic E-state index is 5.46. The molecule has 0 aromatic rings. The number of allylic oxidation sites excluding steroid dienone is 1. The zero-order valence-electron chi connectivity index (χ0n) is 9.22. The highest BCUT2D eigenvalue weighted by Crippen LogP contribution is 2.09. The van der Waals surface area contributed by atoms with Gasteiger partial charge >= 0.3 is 0 Å². The predicted octanol–water partition coefficient (Wildman–Crippen LogP) is 2.16. The standard InChI is InChI=1S/C10H24OSi2/c1-3-4-5-6-7-8-9-10-13(2)11-12/h3,13H,1,4-10H2,2,12H3. The monoisotopic (exact) mass is 216 g/mol. The first-order valence-corrected chi connectivity index (χ1v) is 8.71. The Hall–Kier alpha value is 0.134. The first kappa shape index (κ1) is 13.1. The van der Waals surface area contributed by atoms with Crippen LogP contribution < -0.4 is 0 Å². The van der Waals surface area contributed by atoms with Gasteiger partial charge in [0.25, 0.3) is 0 Å². The van der Waals surface area contributed by atoms with Crippen LogP contribution >= 0.6 is 0 Å². The fraction of sp³-hybridized carbons (Fsp3) is 0.800. The van der Waals surface area contributed by atoms with Crippen molar-refractivity contribution >= 4 is 19.5 Å².